The molecule has 0 unspecified atom stereocenters. The summed E-state index contributed by atoms with van der Waals surface area (Å²) in [6.45, 7) is 0.110. The molecule has 0 radical (unpaired) electrons. The first-order chi connectivity index (χ1) is 11.3. The molecule has 0 fully saturated rings. The number of methoxy groups -OCH3 is 1. The fraction of sp³-hybridized carbons (Fsp3) is 0.357. The van der Waals surface area contributed by atoms with Gasteiger partial charge in [0.05, 0.1) is 18.8 Å². The van der Waals surface area contributed by atoms with Crippen molar-refractivity contribution in [2.45, 2.75) is 6.18 Å². The molecule has 2 aromatic rings. The lowest BCUT2D eigenvalue weighted by Gasteiger charge is -2.05. The summed E-state index contributed by atoms with van der Waals surface area (Å²) in [5, 5.41) is 3.14. The van der Waals surface area contributed by atoms with Crippen LogP contribution in [0.2, 0.25) is 0 Å². The van der Waals surface area contributed by atoms with Crippen molar-refractivity contribution < 1.29 is 36.4 Å². The van der Waals surface area contributed by atoms with Gasteiger partial charge in [-0.15, -0.1) is 0 Å². The summed E-state index contributed by atoms with van der Waals surface area (Å²) in [6, 6.07) is 3.19. The van der Waals surface area contributed by atoms with Crippen LogP contribution in [0.3, 0.4) is 0 Å². The third kappa shape index (κ3) is 4.36. The molecule has 0 N–H and O–H groups in total. The smallest absolute Gasteiger partial charge is 0.382 e. The summed E-state index contributed by atoms with van der Waals surface area (Å²) in [7, 11) is 1.46. The number of alkyl halides is 3. The lowest BCUT2D eigenvalue weighted by Crippen LogP contribution is -2.13. The van der Waals surface area contributed by atoms with Crippen molar-refractivity contribution in [1.82, 2.24) is 10.1 Å². The highest BCUT2D eigenvalue weighted by atomic mass is 19.4. The van der Waals surface area contributed by atoms with Gasteiger partial charge in [0.25, 0.3) is 0 Å². The van der Waals surface area contributed by atoms with Gasteiger partial charge >= 0.3 is 12.1 Å². The minimum absolute atomic E-state index is 0.0522. The number of ketones is 1. The molecule has 130 valence electrons. The Morgan fingerprint density at radius 1 is 1.29 bits per heavy atom. The Bertz CT molecular complexity index is 715. The van der Waals surface area contributed by atoms with Crippen molar-refractivity contribution in [2.75, 3.05) is 26.9 Å². The summed E-state index contributed by atoms with van der Waals surface area (Å²) >= 11 is 0. The summed E-state index contributed by atoms with van der Waals surface area (Å²) in [4.78, 5) is 15.0. The van der Waals surface area contributed by atoms with E-state index in [4.69, 9.17) is 9.47 Å². The number of halogens is 4. The number of nitrogens with zero attached hydrogens (tertiary/aromatic N) is 2. The molecule has 24 heavy (non-hydrogen) atoms. The van der Waals surface area contributed by atoms with Gasteiger partial charge in [0, 0.05) is 12.7 Å². The van der Waals surface area contributed by atoms with Crippen LogP contribution in [-0.4, -0.2) is 42.9 Å². The highest BCUT2D eigenvalue weighted by Crippen LogP contribution is 2.29. The van der Waals surface area contributed by atoms with Crippen LogP contribution in [0, 0.1) is 5.82 Å². The van der Waals surface area contributed by atoms with Gasteiger partial charge in [0.1, 0.15) is 12.4 Å². The second kappa shape index (κ2) is 7.49. The minimum atomic E-state index is -4.79. The Hall–Kier alpha value is -2.33. The zero-order chi connectivity index (χ0) is 17.7. The van der Waals surface area contributed by atoms with Crippen molar-refractivity contribution >= 4 is 5.78 Å². The topological polar surface area (TPSA) is 74.5 Å². The normalized spacial score (nSPS) is 11.7. The first-order valence-corrected chi connectivity index (χ1v) is 6.63. The molecule has 10 heteroatoms. The second-order valence-electron chi connectivity index (χ2n) is 4.58. The number of benzene rings is 1. The van der Waals surface area contributed by atoms with Gasteiger partial charge in [-0.2, -0.15) is 18.2 Å². The fourth-order valence-corrected chi connectivity index (χ4v) is 1.72. The molecule has 0 aliphatic carbocycles. The highest BCUT2D eigenvalue weighted by Gasteiger charge is 2.38. The molecule has 0 saturated heterocycles. The molecule has 0 aliphatic rings. The van der Waals surface area contributed by atoms with Crippen molar-refractivity contribution in [3.63, 3.8) is 0 Å². The predicted molar refractivity (Wildman–Crippen MR) is 71.7 cm³/mol. The third-order valence-electron chi connectivity index (χ3n) is 2.86. The molecular weight excluding hydrogens is 336 g/mol. The van der Waals surface area contributed by atoms with E-state index >= 15 is 0 Å². The SMILES string of the molecule is COCCOCC(=O)c1ccc(-c2noc(C(F)(F)F)n2)cc1F. The standard InChI is InChI=1S/C14H12F4N2O4/c1-22-4-5-23-7-11(21)9-3-2-8(6-10(9)15)12-19-13(24-20-12)14(16,17)18/h2-3,6H,4-5,7H2,1H3. The molecule has 0 atom stereocenters. The van der Waals surface area contributed by atoms with Crippen LogP contribution < -0.4 is 0 Å². The van der Waals surface area contributed by atoms with Gasteiger partial charge in [-0.3, -0.25) is 4.79 Å². The molecule has 0 bridgehead atoms. The Labute approximate surface area is 133 Å². The van der Waals surface area contributed by atoms with E-state index in [2.05, 4.69) is 14.7 Å². The second-order valence-corrected chi connectivity index (χ2v) is 4.58. The highest BCUT2D eigenvalue weighted by molar-refractivity contribution is 5.97. The number of carbonyl (C=O) groups excluding carboxylic acids is 1. The lowest BCUT2D eigenvalue weighted by molar-refractivity contribution is -0.159. The van der Waals surface area contributed by atoms with Gasteiger partial charge < -0.3 is 14.0 Å². The summed E-state index contributed by atoms with van der Waals surface area (Å²) in [6.07, 6.45) is -4.79. The quantitative estimate of drug-likeness (QED) is 0.435. The van der Waals surface area contributed by atoms with Crippen LogP contribution in [0.1, 0.15) is 16.2 Å². The van der Waals surface area contributed by atoms with Gasteiger partial charge in [-0.1, -0.05) is 11.2 Å². The minimum Gasteiger partial charge on any atom is -0.382 e. The van der Waals surface area contributed by atoms with E-state index < -0.39 is 29.5 Å². The number of hydrogen-bond acceptors (Lipinski definition) is 6. The van der Waals surface area contributed by atoms with Gasteiger partial charge in [0.15, 0.2) is 5.78 Å². The van der Waals surface area contributed by atoms with Crippen LogP contribution in [0.4, 0.5) is 17.6 Å². The number of Topliss-reactive ketones (excluding diaryl/α,β-unsaturated/α-hetero) is 1. The van der Waals surface area contributed by atoms with E-state index in [9.17, 15) is 22.4 Å². The Morgan fingerprint density at radius 2 is 2.04 bits per heavy atom. The number of carbonyl (C=O) groups is 1. The van der Waals surface area contributed by atoms with E-state index in [1.54, 1.807) is 0 Å². The summed E-state index contributed by atoms with van der Waals surface area (Å²) in [5.41, 5.74) is -0.306. The molecule has 2 rings (SSSR count). The first-order valence-electron chi connectivity index (χ1n) is 6.63. The number of aromatic nitrogens is 2. The molecule has 0 aliphatic heterocycles. The van der Waals surface area contributed by atoms with Gasteiger partial charge in [0.2, 0.25) is 5.82 Å². The Morgan fingerprint density at radius 3 is 2.62 bits per heavy atom. The molecule has 1 aromatic carbocycles. The zero-order valence-electron chi connectivity index (χ0n) is 12.4. The van der Waals surface area contributed by atoms with E-state index in [-0.39, 0.29) is 30.9 Å². The number of ether oxygens (including phenoxy) is 2. The van der Waals surface area contributed by atoms with E-state index in [1.165, 1.54) is 13.2 Å². The van der Waals surface area contributed by atoms with Crippen LogP contribution in [-0.2, 0) is 15.7 Å². The summed E-state index contributed by atoms with van der Waals surface area (Å²) in [5.74, 6) is -3.51. The number of rotatable bonds is 7. The third-order valence-corrected chi connectivity index (χ3v) is 2.86. The maximum Gasteiger partial charge on any atom is 0.471 e. The molecule has 0 saturated carbocycles. The van der Waals surface area contributed by atoms with Crippen molar-refractivity contribution in [3.8, 4) is 11.4 Å². The number of hydrogen-bond donors (Lipinski definition) is 0. The van der Waals surface area contributed by atoms with E-state index in [1.807, 2.05) is 0 Å². The maximum atomic E-state index is 14.0. The zero-order valence-corrected chi connectivity index (χ0v) is 12.4. The average molecular weight is 348 g/mol. The molecule has 6 nitrogen and oxygen atoms in total. The van der Waals surface area contributed by atoms with Crippen LogP contribution in [0.25, 0.3) is 11.4 Å². The van der Waals surface area contributed by atoms with Gasteiger partial charge in [-0.05, 0) is 12.1 Å². The predicted octanol–water partition coefficient (Wildman–Crippen LogP) is 2.74. The van der Waals surface area contributed by atoms with Crippen LogP contribution in [0.5, 0.6) is 0 Å². The van der Waals surface area contributed by atoms with Crippen LogP contribution in [0.15, 0.2) is 22.7 Å². The first kappa shape index (κ1) is 18.0. The van der Waals surface area contributed by atoms with Gasteiger partial charge in [-0.25, -0.2) is 4.39 Å². The maximum absolute atomic E-state index is 14.0. The summed E-state index contributed by atoms with van der Waals surface area (Å²) < 4.78 is 65.0. The average Bonchev–Trinajstić information content (AvgIpc) is 3.01. The molecule has 0 amide bonds. The molecule has 0 spiro atoms. The van der Waals surface area contributed by atoms with Crippen molar-refractivity contribution in [3.05, 3.63) is 35.5 Å². The Balaban J connectivity index is 2.12. The Kier molecular flexibility index (Phi) is 5.62. The largest absolute Gasteiger partial charge is 0.471 e. The fourth-order valence-electron chi connectivity index (χ4n) is 1.72. The van der Waals surface area contributed by atoms with Crippen LogP contribution >= 0.6 is 0 Å². The van der Waals surface area contributed by atoms with Crippen molar-refractivity contribution in [2.24, 2.45) is 0 Å². The van der Waals surface area contributed by atoms with E-state index in [0.29, 0.717) is 0 Å². The van der Waals surface area contributed by atoms with Crippen molar-refractivity contribution in [1.29, 1.82) is 0 Å². The molecular formula is C14H12F4N2O4. The lowest BCUT2D eigenvalue weighted by atomic mass is 10.1. The molecule has 1 aromatic heterocycles. The van der Waals surface area contributed by atoms with E-state index in [0.717, 1.165) is 12.1 Å². The monoisotopic (exact) mass is 348 g/mol. The molecule has 1 heterocycles.